The summed E-state index contributed by atoms with van der Waals surface area (Å²) in [4.78, 5) is 12.9. The van der Waals surface area contributed by atoms with E-state index in [0.29, 0.717) is 5.92 Å². The Labute approximate surface area is 172 Å². The molecular weight excluding hydrogens is 386 g/mol. The smallest absolute Gasteiger partial charge is 0.225 e. The van der Waals surface area contributed by atoms with Crippen LogP contribution >= 0.6 is 0 Å². The molecule has 1 atom stereocenters. The molecule has 0 fully saturated rings. The molecule has 29 heavy (non-hydrogen) atoms. The Morgan fingerprint density at radius 2 is 1.76 bits per heavy atom. The first-order valence-corrected chi connectivity index (χ1v) is 11.6. The standard InChI is InChI=1S/C23H27NO4S/c1-14(2)20-12-21-18(13-28-22(21)10-15(20)3)11-23(25)24-16(4)17-6-8-19(9-7-17)29(5,26)27/h6-10,12-14,16H,11H2,1-5H3,(H,24,25). The molecular formula is C23H27NO4S. The van der Waals surface area contributed by atoms with Crippen LogP contribution in [-0.2, 0) is 21.1 Å². The van der Waals surface area contributed by atoms with Crippen molar-refractivity contribution in [3.8, 4) is 0 Å². The largest absolute Gasteiger partial charge is 0.464 e. The zero-order valence-corrected chi connectivity index (χ0v) is 18.3. The Kier molecular flexibility index (Phi) is 5.85. The number of rotatable bonds is 6. The van der Waals surface area contributed by atoms with Crippen LogP contribution in [-0.4, -0.2) is 20.6 Å². The first-order valence-electron chi connectivity index (χ1n) is 9.66. The molecule has 3 aromatic rings. The van der Waals surface area contributed by atoms with Gasteiger partial charge in [-0.25, -0.2) is 8.42 Å². The Morgan fingerprint density at radius 3 is 2.34 bits per heavy atom. The van der Waals surface area contributed by atoms with E-state index in [9.17, 15) is 13.2 Å². The number of aryl methyl sites for hydroxylation is 1. The lowest BCUT2D eigenvalue weighted by atomic mass is 9.95. The molecule has 1 N–H and O–H groups in total. The summed E-state index contributed by atoms with van der Waals surface area (Å²) in [5.74, 6) is 0.282. The van der Waals surface area contributed by atoms with Crippen LogP contribution in [0.3, 0.4) is 0 Å². The quantitative estimate of drug-likeness (QED) is 0.636. The number of hydrogen-bond donors (Lipinski definition) is 1. The Bertz CT molecular complexity index is 1140. The highest BCUT2D eigenvalue weighted by Crippen LogP contribution is 2.29. The van der Waals surface area contributed by atoms with Gasteiger partial charge in [0.1, 0.15) is 5.58 Å². The molecule has 1 aromatic heterocycles. The van der Waals surface area contributed by atoms with Gasteiger partial charge in [-0.2, -0.15) is 0 Å². The van der Waals surface area contributed by atoms with Crippen molar-refractivity contribution in [2.75, 3.05) is 6.26 Å². The summed E-state index contributed by atoms with van der Waals surface area (Å²) in [6, 6.07) is 10.5. The molecule has 0 saturated carbocycles. The van der Waals surface area contributed by atoms with E-state index in [0.717, 1.165) is 22.1 Å². The van der Waals surface area contributed by atoms with E-state index in [1.54, 1.807) is 30.5 Å². The maximum Gasteiger partial charge on any atom is 0.225 e. The number of carbonyl (C=O) groups excluding carboxylic acids is 1. The molecule has 6 heteroatoms. The van der Waals surface area contributed by atoms with E-state index in [1.807, 2.05) is 13.0 Å². The first-order chi connectivity index (χ1) is 13.6. The van der Waals surface area contributed by atoms with Crippen molar-refractivity contribution in [1.29, 1.82) is 0 Å². The Morgan fingerprint density at radius 1 is 1.10 bits per heavy atom. The highest BCUT2D eigenvalue weighted by Gasteiger charge is 2.16. The summed E-state index contributed by atoms with van der Waals surface area (Å²) in [6.07, 6.45) is 3.05. The third-order valence-corrected chi connectivity index (χ3v) is 6.33. The van der Waals surface area contributed by atoms with Gasteiger partial charge in [0.05, 0.1) is 23.6 Å². The topological polar surface area (TPSA) is 76.4 Å². The maximum absolute atomic E-state index is 12.6. The summed E-state index contributed by atoms with van der Waals surface area (Å²) < 4.78 is 28.8. The molecule has 0 aliphatic carbocycles. The van der Waals surface area contributed by atoms with E-state index in [-0.39, 0.29) is 23.3 Å². The van der Waals surface area contributed by atoms with Crippen LogP contribution in [0.2, 0.25) is 0 Å². The van der Waals surface area contributed by atoms with Gasteiger partial charge in [0.15, 0.2) is 9.84 Å². The second-order valence-corrected chi connectivity index (χ2v) is 9.94. The summed E-state index contributed by atoms with van der Waals surface area (Å²) in [7, 11) is -3.23. The summed E-state index contributed by atoms with van der Waals surface area (Å²) in [5.41, 5.74) is 4.93. The molecule has 0 radical (unpaired) electrons. The molecule has 2 aromatic carbocycles. The lowest BCUT2D eigenvalue weighted by Gasteiger charge is -2.15. The van der Waals surface area contributed by atoms with E-state index in [4.69, 9.17) is 4.42 Å². The second kappa shape index (κ2) is 8.03. The second-order valence-electron chi connectivity index (χ2n) is 7.93. The zero-order valence-electron chi connectivity index (χ0n) is 17.4. The normalized spacial score (nSPS) is 13.0. The average Bonchev–Trinajstić information content (AvgIpc) is 3.01. The van der Waals surface area contributed by atoms with Crippen LogP contribution in [0.1, 0.15) is 55.0 Å². The van der Waals surface area contributed by atoms with E-state index in [1.165, 1.54) is 17.4 Å². The summed E-state index contributed by atoms with van der Waals surface area (Å²) >= 11 is 0. The lowest BCUT2D eigenvalue weighted by molar-refractivity contribution is -0.121. The highest BCUT2D eigenvalue weighted by atomic mass is 32.2. The van der Waals surface area contributed by atoms with Gasteiger partial charge in [0, 0.05) is 17.2 Å². The number of amides is 1. The van der Waals surface area contributed by atoms with Gasteiger partial charge < -0.3 is 9.73 Å². The molecule has 0 saturated heterocycles. The van der Waals surface area contributed by atoms with Gasteiger partial charge in [-0.05, 0) is 60.7 Å². The molecule has 5 nitrogen and oxygen atoms in total. The Balaban J connectivity index is 1.74. The first kappa shape index (κ1) is 21.1. The summed E-state index contributed by atoms with van der Waals surface area (Å²) in [5, 5.41) is 3.95. The van der Waals surface area contributed by atoms with Gasteiger partial charge in [-0.3, -0.25) is 4.79 Å². The minimum atomic E-state index is -3.23. The minimum absolute atomic E-state index is 0.112. The third-order valence-electron chi connectivity index (χ3n) is 5.20. The molecule has 0 spiro atoms. The number of hydrogen-bond acceptors (Lipinski definition) is 4. The fourth-order valence-electron chi connectivity index (χ4n) is 3.56. The van der Waals surface area contributed by atoms with Crippen molar-refractivity contribution >= 4 is 26.7 Å². The van der Waals surface area contributed by atoms with Crippen LogP contribution in [0, 0.1) is 6.92 Å². The van der Waals surface area contributed by atoms with Crippen molar-refractivity contribution in [3.63, 3.8) is 0 Å². The molecule has 1 unspecified atom stereocenters. The van der Waals surface area contributed by atoms with E-state index < -0.39 is 9.84 Å². The number of sulfone groups is 1. The van der Waals surface area contributed by atoms with E-state index in [2.05, 4.69) is 32.2 Å². The van der Waals surface area contributed by atoms with Gasteiger partial charge in [-0.1, -0.05) is 26.0 Å². The van der Waals surface area contributed by atoms with Crippen molar-refractivity contribution in [2.45, 2.75) is 51.0 Å². The third kappa shape index (κ3) is 4.70. The highest BCUT2D eigenvalue weighted by molar-refractivity contribution is 7.90. The van der Waals surface area contributed by atoms with Crippen LogP contribution in [0.15, 0.2) is 52.0 Å². The van der Waals surface area contributed by atoms with Crippen LogP contribution < -0.4 is 5.32 Å². The fraction of sp³-hybridized carbons (Fsp3) is 0.348. The number of carbonyl (C=O) groups is 1. The predicted molar refractivity (Wildman–Crippen MR) is 115 cm³/mol. The van der Waals surface area contributed by atoms with Crippen LogP contribution in [0.4, 0.5) is 0 Å². The zero-order chi connectivity index (χ0) is 21.3. The van der Waals surface area contributed by atoms with Crippen LogP contribution in [0.25, 0.3) is 11.0 Å². The van der Waals surface area contributed by atoms with Crippen molar-refractivity contribution in [2.24, 2.45) is 0 Å². The number of furan rings is 1. The molecule has 154 valence electrons. The van der Waals surface area contributed by atoms with Gasteiger partial charge >= 0.3 is 0 Å². The molecule has 3 rings (SSSR count). The fourth-order valence-corrected chi connectivity index (χ4v) is 4.19. The Hall–Kier alpha value is -2.60. The van der Waals surface area contributed by atoms with Crippen LogP contribution in [0.5, 0.6) is 0 Å². The molecule has 0 bridgehead atoms. The number of benzene rings is 2. The number of nitrogens with one attached hydrogen (secondary N) is 1. The predicted octanol–water partition coefficient (Wildman–Crippen LogP) is 4.69. The average molecular weight is 414 g/mol. The summed E-state index contributed by atoms with van der Waals surface area (Å²) in [6.45, 7) is 8.25. The lowest BCUT2D eigenvalue weighted by Crippen LogP contribution is -2.28. The van der Waals surface area contributed by atoms with E-state index >= 15 is 0 Å². The van der Waals surface area contributed by atoms with Crippen molar-refractivity contribution in [3.05, 3.63) is 64.9 Å². The van der Waals surface area contributed by atoms with Crippen molar-refractivity contribution < 1.29 is 17.6 Å². The van der Waals surface area contributed by atoms with Gasteiger partial charge in [0.2, 0.25) is 5.91 Å². The maximum atomic E-state index is 12.6. The molecule has 1 amide bonds. The number of fused-ring (bicyclic) bond motifs is 1. The molecule has 0 aliphatic rings. The monoisotopic (exact) mass is 413 g/mol. The van der Waals surface area contributed by atoms with Crippen molar-refractivity contribution in [1.82, 2.24) is 5.32 Å². The van der Waals surface area contributed by atoms with Gasteiger partial charge in [0.25, 0.3) is 0 Å². The van der Waals surface area contributed by atoms with Gasteiger partial charge in [-0.15, -0.1) is 0 Å². The minimum Gasteiger partial charge on any atom is -0.464 e. The SMILES string of the molecule is Cc1cc2occ(CC(=O)NC(C)c3ccc(S(C)(=O)=O)cc3)c2cc1C(C)C. The molecule has 1 heterocycles. The molecule has 0 aliphatic heterocycles.